The van der Waals surface area contributed by atoms with Crippen LogP contribution in [0, 0.1) is 0 Å². The normalized spacial score (nSPS) is 13.5. The molecule has 0 aliphatic carbocycles. The van der Waals surface area contributed by atoms with E-state index >= 15 is 0 Å². The van der Waals surface area contributed by atoms with Crippen molar-refractivity contribution in [1.29, 1.82) is 0 Å². The molecule has 3 rings (SSSR count). The van der Waals surface area contributed by atoms with Gasteiger partial charge in [-0.05, 0) is 30.4 Å². The number of aliphatic hydroxyl groups is 1. The highest BCUT2D eigenvalue weighted by atomic mass is 32.1. The largest absolute Gasteiger partial charge is 0.465 e. The van der Waals surface area contributed by atoms with Crippen LogP contribution in [-0.2, 0) is 24.2 Å². The molecule has 1 aromatic heterocycles. The molecule has 8 nitrogen and oxygen atoms in total. The van der Waals surface area contributed by atoms with Gasteiger partial charge in [0.25, 0.3) is 0 Å². The number of hydrogen-bond acceptors (Lipinski definition) is 6. The minimum atomic E-state index is -1.08. The molecule has 2 aromatic carbocycles. The van der Waals surface area contributed by atoms with Crippen LogP contribution in [0.25, 0.3) is 0 Å². The van der Waals surface area contributed by atoms with Gasteiger partial charge in [0.05, 0.1) is 22.5 Å². The molecule has 0 aliphatic heterocycles. The molecular formula is C25H29N3O5S. The number of carbonyl (C=O) groups excluding carboxylic acids is 1. The average Bonchev–Trinajstić information content (AvgIpc) is 3.36. The van der Waals surface area contributed by atoms with Gasteiger partial charge in [-0.25, -0.2) is 9.59 Å². The Bertz CT molecular complexity index is 1020. The van der Waals surface area contributed by atoms with Gasteiger partial charge in [0, 0.05) is 19.3 Å². The summed E-state index contributed by atoms with van der Waals surface area (Å²) in [6.45, 7) is 0.0863. The fourth-order valence-corrected chi connectivity index (χ4v) is 4.16. The molecule has 3 N–H and O–H groups in total. The van der Waals surface area contributed by atoms with Gasteiger partial charge in [-0.2, -0.15) is 0 Å². The van der Waals surface area contributed by atoms with Crippen molar-refractivity contribution in [3.05, 3.63) is 88.4 Å². The third-order valence-corrected chi connectivity index (χ3v) is 6.33. The van der Waals surface area contributed by atoms with Crippen LogP contribution in [0.4, 0.5) is 9.59 Å². The number of alkyl carbamates (subject to hydrolysis) is 1. The second-order valence-electron chi connectivity index (χ2n) is 8.02. The molecule has 9 heteroatoms. The monoisotopic (exact) mass is 483 g/mol. The van der Waals surface area contributed by atoms with Crippen molar-refractivity contribution in [2.75, 3.05) is 7.05 Å². The van der Waals surface area contributed by atoms with Gasteiger partial charge in [0.1, 0.15) is 6.61 Å². The highest BCUT2D eigenvalue weighted by Gasteiger charge is 2.29. The van der Waals surface area contributed by atoms with Crippen molar-refractivity contribution in [3.8, 4) is 0 Å². The Kier molecular flexibility index (Phi) is 9.42. The maximum Gasteiger partial charge on any atom is 0.407 e. The number of nitrogens with zero attached hydrogens (tertiary/aromatic N) is 2. The van der Waals surface area contributed by atoms with Gasteiger partial charge in [-0.15, -0.1) is 11.3 Å². The lowest BCUT2D eigenvalue weighted by Gasteiger charge is -2.31. The molecule has 2 amide bonds. The van der Waals surface area contributed by atoms with Gasteiger partial charge in [0.15, 0.2) is 0 Å². The zero-order valence-electron chi connectivity index (χ0n) is 18.9. The van der Waals surface area contributed by atoms with Crippen molar-refractivity contribution >= 4 is 23.5 Å². The van der Waals surface area contributed by atoms with Crippen LogP contribution in [0.15, 0.2) is 72.4 Å². The summed E-state index contributed by atoms with van der Waals surface area (Å²) in [6, 6.07) is 17.9. The number of ether oxygens (including phenoxy) is 1. The van der Waals surface area contributed by atoms with Crippen molar-refractivity contribution in [2.45, 2.75) is 44.1 Å². The lowest BCUT2D eigenvalue weighted by atomic mass is 9.93. The lowest BCUT2D eigenvalue weighted by Crippen LogP contribution is -2.49. The Morgan fingerprint density at radius 3 is 2.24 bits per heavy atom. The van der Waals surface area contributed by atoms with E-state index in [1.54, 1.807) is 11.7 Å². The average molecular weight is 484 g/mol. The van der Waals surface area contributed by atoms with Gasteiger partial charge in [-0.3, -0.25) is 4.98 Å². The summed E-state index contributed by atoms with van der Waals surface area (Å²) >= 11 is 1.38. The van der Waals surface area contributed by atoms with Gasteiger partial charge < -0.3 is 25.2 Å². The van der Waals surface area contributed by atoms with Gasteiger partial charge in [-0.1, -0.05) is 60.7 Å². The second kappa shape index (κ2) is 12.7. The first-order chi connectivity index (χ1) is 16.4. The van der Waals surface area contributed by atoms with E-state index in [0.29, 0.717) is 12.8 Å². The van der Waals surface area contributed by atoms with Crippen LogP contribution in [0.3, 0.4) is 0 Å². The van der Waals surface area contributed by atoms with Crippen LogP contribution >= 0.6 is 11.3 Å². The van der Waals surface area contributed by atoms with Gasteiger partial charge in [0.2, 0.25) is 0 Å². The number of hydrogen-bond donors (Lipinski definition) is 3. The molecule has 0 saturated carbocycles. The maximum atomic E-state index is 12.5. The summed E-state index contributed by atoms with van der Waals surface area (Å²) in [5, 5.41) is 23.5. The van der Waals surface area contributed by atoms with E-state index in [0.717, 1.165) is 16.0 Å². The van der Waals surface area contributed by atoms with Crippen molar-refractivity contribution < 1.29 is 24.5 Å². The van der Waals surface area contributed by atoms with E-state index in [4.69, 9.17) is 4.74 Å². The van der Waals surface area contributed by atoms with E-state index in [2.05, 4.69) is 10.3 Å². The molecule has 3 aromatic rings. The molecule has 0 radical (unpaired) electrons. The Morgan fingerprint density at radius 2 is 1.68 bits per heavy atom. The van der Waals surface area contributed by atoms with E-state index in [-0.39, 0.29) is 13.0 Å². The van der Waals surface area contributed by atoms with E-state index in [9.17, 15) is 19.8 Å². The SMILES string of the molecule is CN(C(=O)O)[C@@H](Cc1ccccc1)C[C@H](O)[C@H](Cc1ccccc1)NC(=O)OCc1cncs1. The smallest absolute Gasteiger partial charge is 0.407 e. The number of aromatic nitrogens is 1. The highest BCUT2D eigenvalue weighted by molar-refractivity contribution is 7.09. The fraction of sp³-hybridized carbons (Fsp3) is 0.320. The number of amides is 2. The Hall–Kier alpha value is -3.43. The number of carbonyl (C=O) groups is 2. The molecule has 3 atom stereocenters. The molecule has 0 aliphatic rings. The summed E-state index contributed by atoms with van der Waals surface area (Å²) in [4.78, 5) is 30.2. The Labute approximate surface area is 202 Å². The molecule has 0 bridgehead atoms. The van der Waals surface area contributed by atoms with E-state index in [1.807, 2.05) is 60.7 Å². The second-order valence-corrected chi connectivity index (χ2v) is 9.00. The Balaban J connectivity index is 1.72. The summed E-state index contributed by atoms with van der Waals surface area (Å²) in [6.07, 6.45) is -0.161. The predicted octanol–water partition coefficient (Wildman–Crippen LogP) is 3.95. The van der Waals surface area contributed by atoms with Crippen LogP contribution in [0.2, 0.25) is 0 Å². The van der Waals surface area contributed by atoms with Crippen molar-refractivity contribution in [3.63, 3.8) is 0 Å². The third kappa shape index (κ3) is 7.86. The highest BCUT2D eigenvalue weighted by Crippen LogP contribution is 2.18. The van der Waals surface area contributed by atoms with E-state index < -0.39 is 30.4 Å². The zero-order chi connectivity index (χ0) is 24.3. The Morgan fingerprint density at radius 1 is 1.06 bits per heavy atom. The minimum absolute atomic E-state index is 0.0863. The molecule has 0 unspecified atom stereocenters. The summed E-state index contributed by atoms with van der Waals surface area (Å²) in [7, 11) is 1.49. The summed E-state index contributed by atoms with van der Waals surface area (Å²) in [5.41, 5.74) is 3.55. The molecular weight excluding hydrogens is 454 g/mol. The number of rotatable bonds is 11. The number of likely N-dealkylation sites (N-methyl/N-ethyl adjacent to an activating group) is 1. The number of thiazole rings is 1. The fourth-order valence-electron chi connectivity index (χ4n) is 3.66. The molecule has 0 saturated heterocycles. The molecule has 1 heterocycles. The quantitative estimate of drug-likeness (QED) is 0.381. The maximum absolute atomic E-state index is 12.5. The van der Waals surface area contributed by atoms with E-state index in [1.165, 1.54) is 23.3 Å². The molecule has 34 heavy (non-hydrogen) atoms. The van der Waals surface area contributed by atoms with Crippen LogP contribution in [0.5, 0.6) is 0 Å². The van der Waals surface area contributed by atoms with Crippen LogP contribution < -0.4 is 5.32 Å². The molecule has 0 spiro atoms. The third-order valence-electron chi connectivity index (χ3n) is 5.57. The first-order valence-electron chi connectivity index (χ1n) is 10.9. The topological polar surface area (TPSA) is 112 Å². The lowest BCUT2D eigenvalue weighted by molar-refractivity contribution is 0.0706. The zero-order valence-corrected chi connectivity index (χ0v) is 19.7. The van der Waals surface area contributed by atoms with Crippen molar-refractivity contribution in [1.82, 2.24) is 15.2 Å². The molecule has 180 valence electrons. The number of nitrogens with one attached hydrogen (secondary N) is 1. The van der Waals surface area contributed by atoms with Crippen molar-refractivity contribution in [2.24, 2.45) is 0 Å². The predicted molar refractivity (Wildman–Crippen MR) is 130 cm³/mol. The van der Waals surface area contributed by atoms with Crippen LogP contribution in [-0.4, -0.2) is 57.5 Å². The van der Waals surface area contributed by atoms with Crippen LogP contribution in [0.1, 0.15) is 22.4 Å². The first kappa shape index (κ1) is 25.2. The first-order valence-corrected chi connectivity index (χ1v) is 11.8. The minimum Gasteiger partial charge on any atom is -0.465 e. The summed E-state index contributed by atoms with van der Waals surface area (Å²) in [5.74, 6) is 0. The number of carboxylic acid groups (broad SMARTS) is 1. The molecule has 0 fully saturated rings. The summed E-state index contributed by atoms with van der Waals surface area (Å²) < 4.78 is 5.30. The standard InChI is InChI=1S/C25H29N3O5S/c1-28(25(31)32)20(12-18-8-4-2-5-9-18)14-23(29)22(13-19-10-6-3-7-11-19)27-24(30)33-16-21-15-26-17-34-21/h2-11,15,17,20,22-23,29H,12-14,16H2,1H3,(H,27,30)(H,31,32)/t20-,22-,23-/m0/s1. The number of aliphatic hydroxyl groups excluding tert-OH is 1. The van der Waals surface area contributed by atoms with Gasteiger partial charge >= 0.3 is 12.2 Å². The number of benzene rings is 2.